The van der Waals surface area contributed by atoms with Crippen LogP contribution in [0.15, 0.2) is 119 Å². The predicted octanol–water partition coefficient (Wildman–Crippen LogP) is 12.0. The van der Waals surface area contributed by atoms with Crippen molar-refractivity contribution >= 4 is 118 Å². The molecule has 4 N–H and O–H groups in total. The van der Waals surface area contributed by atoms with Gasteiger partial charge in [-0.15, -0.1) is 47.3 Å². The first-order valence-electron chi connectivity index (χ1n) is 27.0. The lowest BCUT2D eigenvalue weighted by Crippen LogP contribution is -2.45. The van der Waals surface area contributed by atoms with Crippen molar-refractivity contribution in [3.05, 3.63) is 115 Å². The average molecular weight is 1280 g/mol. The van der Waals surface area contributed by atoms with Gasteiger partial charge in [-0.25, -0.2) is 19.9 Å². The number of rotatable bonds is 11. The van der Waals surface area contributed by atoms with Crippen molar-refractivity contribution in [1.82, 2.24) is 48.8 Å². The van der Waals surface area contributed by atoms with Crippen LogP contribution in [-0.4, -0.2) is 119 Å². The molecule has 414 valence electrons. The Kier molecular flexibility index (Phi) is 15.5. The van der Waals surface area contributed by atoms with Crippen molar-refractivity contribution in [3.63, 3.8) is 0 Å². The first-order valence-corrected chi connectivity index (χ1v) is 29.7. The van der Waals surface area contributed by atoms with E-state index in [1.807, 2.05) is 75.9 Å². The van der Waals surface area contributed by atoms with Gasteiger partial charge in [0.05, 0.1) is 41.7 Å². The minimum Gasteiger partial charge on any atom is -0.504 e. The number of nitrogens with zero attached hydrogens (tertiary/aromatic N) is 10. The van der Waals surface area contributed by atoms with Crippen molar-refractivity contribution in [2.75, 3.05) is 43.9 Å². The molecule has 14 rings (SSSR count). The van der Waals surface area contributed by atoms with Crippen LogP contribution < -0.4 is 15.4 Å². The van der Waals surface area contributed by atoms with Crippen LogP contribution in [0.1, 0.15) is 56.9 Å². The summed E-state index contributed by atoms with van der Waals surface area (Å²) in [6, 6.07) is 26.5. The Labute approximate surface area is 490 Å². The summed E-state index contributed by atoms with van der Waals surface area (Å²) in [6.07, 6.45) is 14.7. The summed E-state index contributed by atoms with van der Waals surface area (Å²) >= 11 is 9.31. The number of aryl methyl sites for hydroxylation is 1. The number of phenolic OH excluding ortho intramolecular Hbond substituents is 2. The molecular formula is C58H56BBr3N12O7. The van der Waals surface area contributed by atoms with Crippen LogP contribution in [0.2, 0.25) is 0 Å². The van der Waals surface area contributed by atoms with Crippen LogP contribution in [0.4, 0.5) is 11.9 Å². The summed E-state index contributed by atoms with van der Waals surface area (Å²) in [7, 11) is 1.67. The topological polar surface area (TPSA) is 228 Å². The van der Waals surface area contributed by atoms with Gasteiger partial charge in [-0.05, 0) is 131 Å². The van der Waals surface area contributed by atoms with Gasteiger partial charge < -0.3 is 44.2 Å². The van der Waals surface area contributed by atoms with E-state index in [1.54, 1.807) is 38.1 Å². The van der Waals surface area contributed by atoms with Gasteiger partial charge in [0, 0.05) is 103 Å². The van der Waals surface area contributed by atoms with E-state index in [1.165, 1.54) is 12.1 Å². The molecule has 2 atom stereocenters. The number of phenols is 2. The third-order valence-electron chi connectivity index (χ3n) is 15.1. The van der Waals surface area contributed by atoms with E-state index in [4.69, 9.17) is 33.5 Å². The molecular weight excluding hydrogens is 1230 g/mol. The number of carbonyl (C=O) groups is 2. The fourth-order valence-corrected chi connectivity index (χ4v) is 10.8. The Balaban J connectivity index is 0.000000151. The quantitative estimate of drug-likeness (QED) is 0.0697. The Morgan fingerprint density at radius 2 is 1.09 bits per heavy atom. The highest BCUT2D eigenvalue weighted by Crippen LogP contribution is 2.38. The van der Waals surface area contributed by atoms with Crippen LogP contribution in [0, 0.1) is 18.8 Å². The number of aromatic hydroxyl groups is 2. The lowest BCUT2D eigenvalue weighted by molar-refractivity contribution is -0.134. The van der Waals surface area contributed by atoms with E-state index in [0.29, 0.717) is 59.4 Å². The number of likely N-dealkylation sites (tertiary alicyclic amines) is 2. The summed E-state index contributed by atoms with van der Waals surface area (Å²) in [5, 5.41) is 29.3. The summed E-state index contributed by atoms with van der Waals surface area (Å²) in [5.41, 5.74) is 7.22. The van der Waals surface area contributed by atoms with Gasteiger partial charge in [0.15, 0.2) is 11.5 Å². The van der Waals surface area contributed by atoms with Crippen molar-refractivity contribution in [2.45, 2.75) is 70.4 Å². The standard InChI is InChI=1S/C30H30N6O3.C28H26N6O4.BBr3/c1-18-14-24-23(16-26(18)38-2)33-28(21-7-8-25-20(15-21)10-13-39-25)36(24)27-9-11-31-30(34-27)32-22-4-3-12-35(17-22)29(37)19-5-6-19;35-22-13-20-21(14-23(22)36)34(26(31-20)18-5-6-24-17(12-18)8-11-38-24)25-7-9-29-28(32-25)30-19-2-1-10-33(15-19)27(37)16-3-4-16;2-1(3)4/h7-11,13-16,19,22H,3-6,12,17H2,1-2H3,(H,31,32,34);5-9,11-14,16,19,35-36H,1-4,10,15H2,(H,29,30,32);/t22-;19-;/m11./s1. The number of nitrogens with one attached hydrogen (secondary N) is 2. The van der Waals surface area contributed by atoms with E-state index in [2.05, 4.69) is 84.6 Å². The first kappa shape index (κ1) is 54.1. The molecule has 0 bridgehead atoms. The van der Waals surface area contributed by atoms with Gasteiger partial charge in [-0.1, -0.05) is 0 Å². The largest absolute Gasteiger partial charge is 0.504 e. The Morgan fingerprint density at radius 3 is 1.57 bits per heavy atom. The third kappa shape index (κ3) is 11.8. The molecule has 0 radical (unpaired) electrons. The highest BCUT2D eigenvalue weighted by atomic mass is 79.9. The zero-order chi connectivity index (χ0) is 55.9. The highest BCUT2D eigenvalue weighted by Gasteiger charge is 2.37. The second-order valence-corrected chi connectivity index (χ2v) is 27.3. The summed E-state index contributed by atoms with van der Waals surface area (Å²) in [4.78, 5) is 57.7. The SMILES string of the molecule is BrB(Br)Br.COc1cc2nc(-c3ccc4occc4c3)n(-c3ccnc(N[C@@H]4CCCN(C(=O)C5CC5)C4)n3)c2cc1C.O=C(C1CC1)N1CCC[C@@H](Nc2nccc(-n3c(-c4ccc5occc5c4)nc4cc(O)c(O)cc43)n2)C1. The summed E-state index contributed by atoms with van der Waals surface area (Å²) in [5.74, 6) is 4.93. The van der Waals surface area contributed by atoms with Crippen LogP contribution in [-0.2, 0) is 9.59 Å². The van der Waals surface area contributed by atoms with Gasteiger partial charge in [0.25, 0.3) is 0 Å². The smallest absolute Gasteiger partial charge is 0.369 e. The molecule has 8 heterocycles. The molecule has 2 aliphatic heterocycles. The number of imidazole rings is 2. The number of halogens is 3. The number of amides is 2. The molecule has 81 heavy (non-hydrogen) atoms. The van der Waals surface area contributed by atoms with Gasteiger partial charge >= 0.3 is 3.18 Å². The molecule has 2 saturated carbocycles. The molecule has 23 heteroatoms. The monoisotopic (exact) mass is 1280 g/mol. The number of hydrogen-bond acceptors (Lipinski definition) is 15. The normalized spacial score (nSPS) is 17.1. The molecule has 4 fully saturated rings. The molecule has 0 unspecified atom stereocenters. The average Bonchev–Trinajstić information content (AvgIpc) is 4.51. The lowest BCUT2D eigenvalue weighted by atomic mass is 10.1. The van der Waals surface area contributed by atoms with Gasteiger partial charge in [0.1, 0.15) is 40.2 Å². The number of furan rings is 2. The molecule has 0 spiro atoms. The second kappa shape index (κ2) is 23.2. The summed E-state index contributed by atoms with van der Waals surface area (Å²) in [6.45, 7) is 4.99. The number of methoxy groups -OCH3 is 1. The second-order valence-electron chi connectivity index (χ2n) is 20.8. The third-order valence-corrected chi connectivity index (χ3v) is 15.1. The molecule has 4 aliphatic rings. The van der Waals surface area contributed by atoms with E-state index < -0.39 is 0 Å². The number of benzene rings is 4. The van der Waals surface area contributed by atoms with Crippen molar-refractivity contribution in [1.29, 1.82) is 0 Å². The van der Waals surface area contributed by atoms with Gasteiger partial charge in [-0.3, -0.25) is 18.7 Å². The van der Waals surface area contributed by atoms with Crippen LogP contribution in [0.3, 0.4) is 0 Å². The number of ether oxygens (including phenoxy) is 1. The van der Waals surface area contributed by atoms with E-state index in [9.17, 15) is 19.8 Å². The van der Waals surface area contributed by atoms with Gasteiger partial charge in [-0.2, -0.15) is 9.97 Å². The highest BCUT2D eigenvalue weighted by molar-refractivity contribution is 9.69. The predicted molar refractivity (Wildman–Crippen MR) is 323 cm³/mol. The molecule has 4 aromatic carbocycles. The van der Waals surface area contributed by atoms with Crippen LogP contribution in [0.25, 0.3) is 78.4 Å². The van der Waals surface area contributed by atoms with Crippen molar-refractivity contribution < 1.29 is 33.4 Å². The van der Waals surface area contributed by atoms with E-state index in [-0.39, 0.29) is 44.5 Å². The number of hydrogen-bond donors (Lipinski definition) is 4. The molecule has 2 aliphatic carbocycles. The molecule has 10 aromatic rings. The zero-order valence-corrected chi connectivity index (χ0v) is 49.1. The van der Waals surface area contributed by atoms with Crippen molar-refractivity contribution in [2.24, 2.45) is 11.8 Å². The Bertz CT molecular complexity index is 3970. The zero-order valence-electron chi connectivity index (χ0n) is 44.3. The molecule has 6 aromatic heterocycles. The molecule has 2 amide bonds. The van der Waals surface area contributed by atoms with Gasteiger partial charge in [0.2, 0.25) is 23.7 Å². The maximum atomic E-state index is 12.6. The number of piperidine rings is 2. The first-order chi connectivity index (χ1) is 39.3. The van der Waals surface area contributed by atoms with Crippen LogP contribution in [0.5, 0.6) is 17.2 Å². The molecule has 19 nitrogen and oxygen atoms in total. The maximum Gasteiger partial charge on any atom is 0.369 e. The Hall–Kier alpha value is -7.50. The van der Waals surface area contributed by atoms with Crippen molar-refractivity contribution in [3.8, 4) is 51.7 Å². The minimum atomic E-state index is -0.245. The molecule has 2 saturated heterocycles. The number of fused-ring (bicyclic) bond motifs is 4. The van der Waals surface area contributed by atoms with E-state index in [0.717, 1.165) is 126 Å². The fourth-order valence-electron chi connectivity index (χ4n) is 10.8. The summed E-state index contributed by atoms with van der Waals surface area (Å²) < 4.78 is 20.8. The lowest BCUT2D eigenvalue weighted by Gasteiger charge is -2.33. The van der Waals surface area contributed by atoms with Crippen LogP contribution >= 0.6 is 47.3 Å². The number of aromatic nitrogens is 8. The number of anilines is 2. The maximum absolute atomic E-state index is 12.6. The Morgan fingerprint density at radius 1 is 0.617 bits per heavy atom. The minimum absolute atomic E-state index is 0.0604. The number of carbonyl (C=O) groups excluding carboxylic acids is 2. The van der Waals surface area contributed by atoms with E-state index >= 15 is 0 Å². The fraction of sp³-hybridized carbons (Fsp3) is 0.310.